The molecular formula is C17H23N3O. The lowest BCUT2D eigenvalue weighted by atomic mass is 9.94. The number of ether oxygens (including phenoxy) is 1. The van der Waals surface area contributed by atoms with E-state index in [9.17, 15) is 5.26 Å². The molecule has 0 spiro atoms. The molecule has 2 heterocycles. The second-order valence-corrected chi connectivity index (χ2v) is 5.95. The van der Waals surface area contributed by atoms with E-state index in [4.69, 9.17) is 9.72 Å². The minimum atomic E-state index is 0.271. The van der Waals surface area contributed by atoms with Gasteiger partial charge in [0.05, 0.1) is 11.7 Å². The Labute approximate surface area is 126 Å². The molecule has 0 amide bonds. The summed E-state index contributed by atoms with van der Waals surface area (Å²) in [5.74, 6) is 0.877. The van der Waals surface area contributed by atoms with Gasteiger partial charge in [0.2, 0.25) is 0 Å². The Hall–Kier alpha value is -1.60. The Morgan fingerprint density at radius 1 is 1.38 bits per heavy atom. The van der Waals surface area contributed by atoms with Crippen LogP contribution in [-0.4, -0.2) is 30.8 Å². The summed E-state index contributed by atoms with van der Waals surface area (Å²) in [7, 11) is 0. The van der Waals surface area contributed by atoms with Crippen LogP contribution in [0.1, 0.15) is 49.4 Å². The number of rotatable bonds is 3. The first kappa shape index (κ1) is 14.3. The summed E-state index contributed by atoms with van der Waals surface area (Å²) >= 11 is 0. The van der Waals surface area contributed by atoms with E-state index >= 15 is 0 Å². The summed E-state index contributed by atoms with van der Waals surface area (Å²) in [6.07, 6.45) is 7.04. The zero-order chi connectivity index (χ0) is 14.7. The van der Waals surface area contributed by atoms with E-state index in [1.54, 1.807) is 0 Å². The molecule has 2 aliphatic rings. The predicted molar refractivity (Wildman–Crippen MR) is 82.5 cm³/mol. The third-order valence-electron chi connectivity index (χ3n) is 4.48. The number of nitriles is 1. The number of piperidine rings is 1. The zero-order valence-corrected chi connectivity index (χ0v) is 12.8. The van der Waals surface area contributed by atoms with Crippen LogP contribution in [-0.2, 0) is 17.6 Å². The van der Waals surface area contributed by atoms with Crippen molar-refractivity contribution >= 4 is 5.82 Å². The molecule has 4 heteroatoms. The molecule has 1 saturated heterocycles. The van der Waals surface area contributed by atoms with E-state index in [0.717, 1.165) is 56.8 Å². The SMILES string of the molecule is CCOC1CCCN(c2nc3c(cc2C#N)CCCC3)C1. The van der Waals surface area contributed by atoms with Gasteiger partial charge >= 0.3 is 0 Å². The van der Waals surface area contributed by atoms with E-state index in [1.807, 2.05) is 6.92 Å². The standard InChI is InChI=1S/C17H23N3O/c1-2-21-15-7-5-9-20(12-15)17-14(11-18)10-13-6-3-4-8-16(13)19-17/h10,15H,2-9,12H2,1H3. The Balaban J connectivity index is 1.88. The van der Waals surface area contributed by atoms with Crippen molar-refractivity contribution in [2.45, 2.75) is 51.6 Å². The Morgan fingerprint density at radius 2 is 2.24 bits per heavy atom. The maximum atomic E-state index is 9.47. The molecule has 0 bridgehead atoms. The van der Waals surface area contributed by atoms with Crippen LogP contribution in [0.4, 0.5) is 5.82 Å². The molecule has 1 aromatic heterocycles. The van der Waals surface area contributed by atoms with Crippen LogP contribution in [0.5, 0.6) is 0 Å². The van der Waals surface area contributed by atoms with Gasteiger partial charge in [0.25, 0.3) is 0 Å². The van der Waals surface area contributed by atoms with Gasteiger partial charge in [-0.2, -0.15) is 5.26 Å². The molecule has 3 rings (SSSR count). The van der Waals surface area contributed by atoms with Crippen LogP contribution < -0.4 is 4.90 Å². The second-order valence-electron chi connectivity index (χ2n) is 5.95. The highest BCUT2D eigenvalue weighted by atomic mass is 16.5. The average molecular weight is 285 g/mol. The normalized spacial score (nSPS) is 21.7. The number of hydrogen-bond donors (Lipinski definition) is 0. The number of nitrogens with zero attached hydrogens (tertiary/aromatic N) is 3. The number of aryl methyl sites for hydroxylation is 2. The molecule has 0 N–H and O–H groups in total. The fraction of sp³-hybridized carbons (Fsp3) is 0.647. The summed E-state index contributed by atoms with van der Waals surface area (Å²) in [6.45, 7) is 4.62. The van der Waals surface area contributed by atoms with Gasteiger partial charge in [0, 0.05) is 25.4 Å². The number of fused-ring (bicyclic) bond motifs is 1. The minimum absolute atomic E-state index is 0.271. The lowest BCUT2D eigenvalue weighted by Crippen LogP contribution is -2.40. The Morgan fingerprint density at radius 3 is 3.05 bits per heavy atom. The van der Waals surface area contributed by atoms with Crippen LogP contribution in [0.15, 0.2) is 6.07 Å². The fourth-order valence-corrected chi connectivity index (χ4v) is 3.45. The summed E-state index contributed by atoms with van der Waals surface area (Å²) < 4.78 is 5.77. The van der Waals surface area contributed by atoms with Crippen molar-refractivity contribution in [1.29, 1.82) is 5.26 Å². The van der Waals surface area contributed by atoms with Crippen LogP contribution in [0, 0.1) is 11.3 Å². The molecule has 1 atom stereocenters. The molecule has 1 aromatic rings. The topological polar surface area (TPSA) is 49.1 Å². The van der Waals surface area contributed by atoms with Gasteiger partial charge in [-0.1, -0.05) is 0 Å². The highest BCUT2D eigenvalue weighted by molar-refractivity contribution is 5.56. The molecule has 4 nitrogen and oxygen atoms in total. The molecule has 0 radical (unpaired) electrons. The predicted octanol–water partition coefficient (Wildman–Crippen LogP) is 2.84. The van der Waals surface area contributed by atoms with Crippen LogP contribution in [0.2, 0.25) is 0 Å². The van der Waals surface area contributed by atoms with Gasteiger partial charge < -0.3 is 9.64 Å². The van der Waals surface area contributed by atoms with Crippen LogP contribution in [0.25, 0.3) is 0 Å². The highest BCUT2D eigenvalue weighted by Gasteiger charge is 2.24. The zero-order valence-electron chi connectivity index (χ0n) is 12.8. The van der Waals surface area contributed by atoms with Gasteiger partial charge in [-0.25, -0.2) is 4.98 Å². The maximum Gasteiger partial charge on any atom is 0.146 e. The largest absolute Gasteiger partial charge is 0.377 e. The third-order valence-corrected chi connectivity index (χ3v) is 4.48. The van der Waals surface area contributed by atoms with Gasteiger partial charge in [-0.05, 0) is 57.1 Å². The van der Waals surface area contributed by atoms with Crippen molar-refractivity contribution in [3.05, 3.63) is 22.9 Å². The summed E-state index contributed by atoms with van der Waals surface area (Å²) in [4.78, 5) is 7.10. The highest BCUT2D eigenvalue weighted by Crippen LogP contribution is 2.28. The van der Waals surface area contributed by atoms with E-state index in [-0.39, 0.29) is 6.10 Å². The average Bonchev–Trinajstić information content (AvgIpc) is 2.54. The molecule has 1 aliphatic heterocycles. The molecule has 0 saturated carbocycles. The third kappa shape index (κ3) is 3.03. The van der Waals surface area contributed by atoms with Gasteiger partial charge in [0.15, 0.2) is 0 Å². The van der Waals surface area contributed by atoms with Crippen molar-refractivity contribution in [1.82, 2.24) is 4.98 Å². The lowest BCUT2D eigenvalue weighted by molar-refractivity contribution is 0.0525. The number of pyridine rings is 1. The van der Waals surface area contributed by atoms with Crippen molar-refractivity contribution < 1.29 is 4.74 Å². The lowest BCUT2D eigenvalue weighted by Gasteiger charge is -2.34. The first-order chi connectivity index (χ1) is 10.3. The monoisotopic (exact) mass is 285 g/mol. The van der Waals surface area contributed by atoms with Gasteiger partial charge in [-0.15, -0.1) is 0 Å². The minimum Gasteiger partial charge on any atom is -0.377 e. The maximum absolute atomic E-state index is 9.47. The van der Waals surface area contributed by atoms with E-state index in [0.29, 0.717) is 0 Å². The molecule has 1 fully saturated rings. The Kier molecular flexibility index (Phi) is 4.40. The summed E-state index contributed by atoms with van der Waals surface area (Å²) in [5, 5.41) is 9.47. The smallest absolute Gasteiger partial charge is 0.146 e. The number of aromatic nitrogens is 1. The molecule has 1 unspecified atom stereocenters. The van der Waals surface area contributed by atoms with E-state index < -0.39 is 0 Å². The molecule has 0 aromatic carbocycles. The molecule has 21 heavy (non-hydrogen) atoms. The summed E-state index contributed by atoms with van der Waals surface area (Å²) in [6, 6.07) is 4.42. The van der Waals surface area contributed by atoms with Crippen molar-refractivity contribution in [3.63, 3.8) is 0 Å². The van der Waals surface area contributed by atoms with Crippen molar-refractivity contribution in [3.8, 4) is 6.07 Å². The quantitative estimate of drug-likeness (QED) is 0.857. The first-order valence-electron chi connectivity index (χ1n) is 8.11. The van der Waals surface area contributed by atoms with Crippen LogP contribution in [0.3, 0.4) is 0 Å². The van der Waals surface area contributed by atoms with Gasteiger partial charge in [-0.3, -0.25) is 0 Å². The molecular weight excluding hydrogens is 262 g/mol. The second kappa shape index (κ2) is 6.44. The number of anilines is 1. The fourth-order valence-electron chi connectivity index (χ4n) is 3.45. The van der Waals surface area contributed by atoms with Crippen LogP contribution >= 0.6 is 0 Å². The van der Waals surface area contributed by atoms with E-state index in [2.05, 4.69) is 17.0 Å². The summed E-state index contributed by atoms with van der Waals surface area (Å²) in [5.41, 5.74) is 3.21. The van der Waals surface area contributed by atoms with Gasteiger partial charge in [0.1, 0.15) is 11.9 Å². The van der Waals surface area contributed by atoms with Crippen molar-refractivity contribution in [2.75, 3.05) is 24.6 Å². The molecule has 1 aliphatic carbocycles. The first-order valence-corrected chi connectivity index (χ1v) is 8.11. The van der Waals surface area contributed by atoms with Crippen molar-refractivity contribution in [2.24, 2.45) is 0 Å². The van der Waals surface area contributed by atoms with E-state index in [1.165, 1.54) is 24.1 Å². The molecule has 112 valence electrons. The number of hydrogen-bond acceptors (Lipinski definition) is 4. The Bertz CT molecular complexity index is 548.